The van der Waals surface area contributed by atoms with Gasteiger partial charge in [0.15, 0.2) is 6.61 Å². The van der Waals surface area contributed by atoms with E-state index in [1.165, 1.54) is 17.7 Å². The van der Waals surface area contributed by atoms with E-state index in [0.717, 1.165) is 38.0 Å². The average Bonchev–Trinajstić information content (AvgIpc) is 2.69. The normalized spacial score (nSPS) is 15.9. The fourth-order valence-corrected chi connectivity index (χ4v) is 3.55. The van der Waals surface area contributed by atoms with Gasteiger partial charge in [-0.25, -0.2) is 4.39 Å². The maximum atomic E-state index is 13.0. The van der Waals surface area contributed by atoms with E-state index in [1.54, 1.807) is 0 Å². The van der Waals surface area contributed by atoms with Gasteiger partial charge in [0.2, 0.25) is 0 Å². The minimum atomic E-state index is -0.206. The minimum Gasteiger partial charge on any atom is -0.484 e. The highest BCUT2D eigenvalue weighted by atomic mass is 19.1. The number of ether oxygens (including phenoxy) is 1. The van der Waals surface area contributed by atoms with Crippen LogP contribution in [0.3, 0.4) is 0 Å². The van der Waals surface area contributed by atoms with Crippen molar-refractivity contribution in [3.8, 4) is 5.75 Å². The van der Waals surface area contributed by atoms with Crippen LogP contribution in [-0.2, 0) is 16.8 Å². The number of hydrogen-bond donors (Lipinski definition) is 1. The first-order chi connectivity index (χ1) is 13.8. The summed E-state index contributed by atoms with van der Waals surface area (Å²) in [6.45, 7) is 9.18. The van der Waals surface area contributed by atoms with Crippen LogP contribution in [0.15, 0.2) is 48.5 Å². The molecular weight excluding hydrogens is 367 g/mol. The summed E-state index contributed by atoms with van der Waals surface area (Å²) in [4.78, 5) is 14.6. The number of piperidine rings is 1. The fraction of sp³-hybridized carbons (Fsp3) is 0.458. The third-order valence-corrected chi connectivity index (χ3v) is 5.36. The van der Waals surface area contributed by atoms with E-state index in [0.29, 0.717) is 5.75 Å². The molecule has 0 aliphatic carbocycles. The molecule has 1 heterocycles. The number of carbonyl (C=O) groups excluding carboxylic acids is 1. The highest BCUT2D eigenvalue weighted by Gasteiger charge is 2.21. The lowest BCUT2D eigenvalue weighted by molar-refractivity contribution is -0.124. The predicted molar refractivity (Wildman–Crippen MR) is 113 cm³/mol. The smallest absolute Gasteiger partial charge is 0.258 e. The molecule has 1 aliphatic heterocycles. The van der Waals surface area contributed by atoms with Crippen molar-refractivity contribution < 1.29 is 13.9 Å². The van der Waals surface area contributed by atoms with Crippen LogP contribution in [0.1, 0.15) is 44.7 Å². The molecule has 1 saturated heterocycles. The SMILES string of the molecule is CC(C)(C)c1ccc(OCC(=O)NC2CCN(Cc3ccc(F)cc3)CC2)cc1. The van der Waals surface area contributed by atoms with Gasteiger partial charge < -0.3 is 10.1 Å². The van der Waals surface area contributed by atoms with Crippen molar-refractivity contribution in [2.45, 2.75) is 51.6 Å². The number of nitrogens with zero attached hydrogens (tertiary/aromatic N) is 1. The van der Waals surface area contributed by atoms with Crippen LogP contribution in [0.5, 0.6) is 5.75 Å². The summed E-state index contributed by atoms with van der Waals surface area (Å²) in [7, 11) is 0. The molecule has 1 amide bonds. The molecule has 1 fully saturated rings. The molecular formula is C24H31FN2O2. The van der Waals surface area contributed by atoms with E-state index in [9.17, 15) is 9.18 Å². The molecule has 0 unspecified atom stereocenters. The molecule has 2 aromatic carbocycles. The van der Waals surface area contributed by atoms with E-state index in [-0.39, 0.29) is 29.8 Å². The zero-order valence-electron chi connectivity index (χ0n) is 17.6. The van der Waals surface area contributed by atoms with Gasteiger partial charge in [0.25, 0.3) is 5.91 Å². The first-order valence-corrected chi connectivity index (χ1v) is 10.3. The molecule has 3 rings (SSSR count). The van der Waals surface area contributed by atoms with Gasteiger partial charge in [0, 0.05) is 25.7 Å². The first kappa shape index (κ1) is 21.3. The third-order valence-electron chi connectivity index (χ3n) is 5.36. The molecule has 1 aliphatic rings. The number of likely N-dealkylation sites (tertiary alicyclic amines) is 1. The maximum Gasteiger partial charge on any atom is 0.258 e. The van der Waals surface area contributed by atoms with Crippen LogP contribution in [0.2, 0.25) is 0 Å². The Morgan fingerprint density at radius 1 is 1.07 bits per heavy atom. The van der Waals surface area contributed by atoms with Crippen molar-refractivity contribution in [3.63, 3.8) is 0 Å². The van der Waals surface area contributed by atoms with Gasteiger partial charge in [-0.3, -0.25) is 9.69 Å². The molecule has 0 saturated carbocycles. The van der Waals surface area contributed by atoms with Crippen LogP contribution in [0.25, 0.3) is 0 Å². The number of benzene rings is 2. The number of nitrogens with one attached hydrogen (secondary N) is 1. The molecule has 0 bridgehead atoms. The standard InChI is InChI=1S/C24H31FN2O2/c1-24(2,3)19-6-10-22(11-7-19)29-17-23(28)26-21-12-14-27(15-13-21)16-18-4-8-20(25)9-5-18/h4-11,21H,12-17H2,1-3H3,(H,26,28). The van der Waals surface area contributed by atoms with E-state index < -0.39 is 0 Å². The molecule has 5 heteroatoms. The molecule has 2 aromatic rings. The van der Waals surface area contributed by atoms with E-state index in [1.807, 2.05) is 36.4 Å². The van der Waals surface area contributed by atoms with E-state index in [4.69, 9.17) is 4.74 Å². The van der Waals surface area contributed by atoms with E-state index in [2.05, 4.69) is 31.0 Å². The molecule has 29 heavy (non-hydrogen) atoms. The van der Waals surface area contributed by atoms with Crippen molar-refractivity contribution in [3.05, 3.63) is 65.5 Å². The Morgan fingerprint density at radius 2 is 1.69 bits per heavy atom. The summed E-state index contributed by atoms with van der Waals surface area (Å²) in [6.07, 6.45) is 1.82. The van der Waals surface area contributed by atoms with Gasteiger partial charge in [-0.05, 0) is 53.6 Å². The Morgan fingerprint density at radius 3 is 2.28 bits per heavy atom. The average molecular weight is 399 g/mol. The van der Waals surface area contributed by atoms with Crippen LogP contribution in [0.4, 0.5) is 4.39 Å². The summed E-state index contributed by atoms with van der Waals surface area (Å²) in [5.74, 6) is 0.423. The summed E-state index contributed by atoms with van der Waals surface area (Å²) in [5, 5.41) is 3.08. The van der Waals surface area contributed by atoms with Gasteiger partial charge in [-0.1, -0.05) is 45.0 Å². The van der Waals surface area contributed by atoms with Crippen molar-refractivity contribution in [2.75, 3.05) is 19.7 Å². The Labute approximate surface area is 173 Å². The lowest BCUT2D eigenvalue weighted by Crippen LogP contribution is -2.45. The number of halogens is 1. The number of rotatable bonds is 6. The molecule has 4 nitrogen and oxygen atoms in total. The maximum absolute atomic E-state index is 13.0. The summed E-state index contributed by atoms with van der Waals surface area (Å²) >= 11 is 0. The molecule has 156 valence electrons. The van der Waals surface area contributed by atoms with E-state index >= 15 is 0 Å². The monoisotopic (exact) mass is 398 g/mol. The first-order valence-electron chi connectivity index (χ1n) is 10.3. The van der Waals surface area contributed by atoms with Crippen LogP contribution in [0, 0.1) is 5.82 Å². The van der Waals surface area contributed by atoms with Gasteiger partial charge in [-0.2, -0.15) is 0 Å². The second kappa shape index (κ2) is 9.40. The summed E-state index contributed by atoms with van der Waals surface area (Å²) < 4.78 is 18.6. The summed E-state index contributed by atoms with van der Waals surface area (Å²) in [6, 6.07) is 14.8. The quantitative estimate of drug-likeness (QED) is 0.790. The van der Waals surface area contributed by atoms with Crippen molar-refractivity contribution in [2.24, 2.45) is 0 Å². The van der Waals surface area contributed by atoms with Crippen molar-refractivity contribution in [1.29, 1.82) is 0 Å². The van der Waals surface area contributed by atoms with Crippen molar-refractivity contribution in [1.82, 2.24) is 10.2 Å². The molecule has 0 spiro atoms. The number of carbonyl (C=O) groups is 1. The second-order valence-electron chi connectivity index (χ2n) is 8.81. The van der Waals surface area contributed by atoms with Gasteiger partial charge in [-0.15, -0.1) is 0 Å². The number of hydrogen-bond acceptors (Lipinski definition) is 3. The predicted octanol–water partition coefficient (Wildman–Crippen LogP) is 4.28. The summed E-state index contributed by atoms with van der Waals surface area (Å²) in [5.41, 5.74) is 2.45. The third kappa shape index (κ3) is 6.57. The van der Waals surface area contributed by atoms with Gasteiger partial charge >= 0.3 is 0 Å². The Kier molecular flexibility index (Phi) is 6.91. The number of amides is 1. The Hall–Kier alpha value is -2.40. The zero-order chi connectivity index (χ0) is 20.9. The van der Waals surface area contributed by atoms with Crippen LogP contribution < -0.4 is 10.1 Å². The zero-order valence-corrected chi connectivity index (χ0v) is 17.6. The lowest BCUT2D eigenvalue weighted by Gasteiger charge is -2.32. The molecule has 0 atom stereocenters. The fourth-order valence-electron chi connectivity index (χ4n) is 3.55. The lowest BCUT2D eigenvalue weighted by atomic mass is 9.87. The Balaban J connectivity index is 1.38. The van der Waals surface area contributed by atoms with Crippen molar-refractivity contribution >= 4 is 5.91 Å². The highest BCUT2D eigenvalue weighted by Crippen LogP contribution is 2.24. The van der Waals surface area contributed by atoms with Crippen LogP contribution >= 0.6 is 0 Å². The highest BCUT2D eigenvalue weighted by molar-refractivity contribution is 5.77. The minimum absolute atomic E-state index is 0.0324. The molecule has 0 aromatic heterocycles. The Bertz CT molecular complexity index is 789. The second-order valence-corrected chi connectivity index (χ2v) is 8.81. The molecule has 0 radical (unpaired) electrons. The van der Waals surface area contributed by atoms with Gasteiger partial charge in [0.1, 0.15) is 11.6 Å². The van der Waals surface area contributed by atoms with Gasteiger partial charge in [0.05, 0.1) is 0 Å². The largest absolute Gasteiger partial charge is 0.484 e. The molecule has 1 N–H and O–H groups in total. The van der Waals surface area contributed by atoms with Crippen LogP contribution in [-0.4, -0.2) is 36.5 Å². The topological polar surface area (TPSA) is 41.6 Å².